The van der Waals surface area contributed by atoms with E-state index in [2.05, 4.69) is 64.1 Å². The van der Waals surface area contributed by atoms with Gasteiger partial charge in [-0.1, -0.05) is 69.8 Å². The van der Waals surface area contributed by atoms with Crippen LogP contribution in [0.3, 0.4) is 0 Å². The van der Waals surface area contributed by atoms with Crippen molar-refractivity contribution in [2.24, 2.45) is 0 Å². The van der Waals surface area contributed by atoms with E-state index in [0.717, 1.165) is 94.1 Å². The smallest absolute Gasteiger partial charge is 0.119 e. The van der Waals surface area contributed by atoms with E-state index in [9.17, 15) is 0 Å². The summed E-state index contributed by atoms with van der Waals surface area (Å²) in [6.07, 6.45) is 8.42. The van der Waals surface area contributed by atoms with Gasteiger partial charge in [-0.2, -0.15) is 0 Å². The predicted octanol–water partition coefficient (Wildman–Crippen LogP) is 9.37. The average molecular weight is 591 g/mol. The number of hydrogen-bond acceptors (Lipinski definition) is 5. The molecule has 1 fully saturated rings. The van der Waals surface area contributed by atoms with Crippen LogP contribution in [0.15, 0.2) is 36.4 Å². The van der Waals surface area contributed by atoms with Crippen molar-refractivity contribution in [3.8, 4) is 5.75 Å². The van der Waals surface area contributed by atoms with E-state index >= 15 is 0 Å². The Morgan fingerprint density at radius 1 is 0.850 bits per heavy atom. The van der Waals surface area contributed by atoms with Crippen LogP contribution in [0.25, 0.3) is 0 Å². The van der Waals surface area contributed by atoms with E-state index in [1.54, 1.807) is 0 Å². The van der Waals surface area contributed by atoms with Gasteiger partial charge in [0.1, 0.15) is 5.75 Å². The van der Waals surface area contributed by atoms with Crippen molar-refractivity contribution in [3.05, 3.63) is 63.7 Å². The Morgan fingerprint density at radius 3 is 2.27 bits per heavy atom. The van der Waals surface area contributed by atoms with E-state index in [4.69, 9.17) is 30.5 Å². The Balaban J connectivity index is 1.88. The van der Waals surface area contributed by atoms with Gasteiger partial charge in [-0.15, -0.1) is 11.8 Å². The summed E-state index contributed by atoms with van der Waals surface area (Å²) in [5, 5.41) is 1.33. The number of aryl methyl sites for hydroxylation is 1. The number of halogens is 1. The number of rotatable bonds is 18. The van der Waals surface area contributed by atoms with Crippen molar-refractivity contribution in [2.75, 3.05) is 33.0 Å². The van der Waals surface area contributed by atoms with Gasteiger partial charge in [-0.05, 0) is 86.4 Å². The molecule has 1 aliphatic heterocycles. The Hall–Kier alpha value is -1.24. The summed E-state index contributed by atoms with van der Waals surface area (Å²) in [5.74, 6) is 0.913. The van der Waals surface area contributed by atoms with Gasteiger partial charge in [0.25, 0.3) is 0 Å². The van der Waals surface area contributed by atoms with Gasteiger partial charge in [0.05, 0.1) is 30.7 Å². The molecule has 224 valence electrons. The van der Waals surface area contributed by atoms with E-state index < -0.39 is 0 Å². The third-order valence-electron chi connectivity index (χ3n) is 7.49. The van der Waals surface area contributed by atoms with Gasteiger partial charge >= 0.3 is 0 Å². The molecule has 4 atom stereocenters. The van der Waals surface area contributed by atoms with Crippen molar-refractivity contribution in [3.63, 3.8) is 0 Å². The molecule has 0 aromatic heterocycles. The molecule has 4 nitrogen and oxygen atoms in total. The van der Waals surface area contributed by atoms with Gasteiger partial charge in [0.2, 0.25) is 0 Å². The Labute approximate surface area is 252 Å². The highest BCUT2D eigenvalue weighted by molar-refractivity contribution is 8.00. The SMILES string of the molecule is CCCCOC[C@@H]1C[C@H](OCCCC)[C@@H](OCCCC)[C@H](c2ccc(Cl)c(Cc3ccc(OCC)cc3C)c2)S1. The fourth-order valence-corrected chi connectivity index (χ4v) is 6.89. The minimum atomic E-state index is 0.00142. The van der Waals surface area contributed by atoms with Crippen LogP contribution in [0.1, 0.15) is 100 Å². The van der Waals surface area contributed by atoms with Gasteiger partial charge in [-0.3, -0.25) is 0 Å². The summed E-state index contributed by atoms with van der Waals surface area (Å²) in [5.41, 5.74) is 4.88. The van der Waals surface area contributed by atoms with E-state index in [1.165, 1.54) is 16.7 Å². The Bertz CT molecular complexity index is 1000. The minimum Gasteiger partial charge on any atom is -0.494 e. The number of benzene rings is 2. The van der Waals surface area contributed by atoms with Gasteiger partial charge < -0.3 is 18.9 Å². The van der Waals surface area contributed by atoms with E-state index in [0.29, 0.717) is 11.9 Å². The second-order valence-electron chi connectivity index (χ2n) is 10.8. The fraction of sp³-hybridized carbons (Fsp3) is 0.647. The molecule has 0 bridgehead atoms. The summed E-state index contributed by atoms with van der Waals surface area (Å²) in [7, 11) is 0. The molecule has 1 saturated heterocycles. The lowest BCUT2D eigenvalue weighted by atomic mass is 9.94. The van der Waals surface area contributed by atoms with Gasteiger partial charge in [0, 0.05) is 30.1 Å². The summed E-state index contributed by atoms with van der Waals surface area (Å²) in [4.78, 5) is 0. The quantitative estimate of drug-likeness (QED) is 0.162. The number of hydrogen-bond donors (Lipinski definition) is 0. The highest BCUT2D eigenvalue weighted by atomic mass is 35.5. The molecule has 0 saturated carbocycles. The van der Waals surface area contributed by atoms with Gasteiger partial charge in [0.15, 0.2) is 0 Å². The molecule has 0 aliphatic carbocycles. The monoisotopic (exact) mass is 590 g/mol. The predicted molar refractivity (Wildman–Crippen MR) is 170 cm³/mol. The number of unbranched alkanes of at least 4 members (excludes halogenated alkanes) is 3. The lowest BCUT2D eigenvalue weighted by molar-refractivity contribution is -0.0841. The Morgan fingerprint density at radius 2 is 1.57 bits per heavy atom. The molecule has 0 N–H and O–H groups in total. The normalized spacial score (nSPS) is 21.1. The molecular weight excluding hydrogens is 540 g/mol. The first-order valence-corrected chi connectivity index (χ1v) is 16.8. The largest absolute Gasteiger partial charge is 0.494 e. The fourth-order valence-electron chi connectivity index (χ4n) is 5.10. The average Bonchev–Trinajstić information content (AvgIpc) is 2.95. The molecule has 2 aromatic rings. The molecule has 0 unspecified atom stereocenters. The number of ether oxygens (including phenoxy) is 4. The first-order chi connectivity index (χ1) is 19.5. The minimum absolute atomic E-state index is 0.00142. The van der Waals surface area contributed by atoms with Gasteiger partial charge in [-0.25, -0.2) is 0 Å². The molecule has 0 spiro atoms. The third-order valence-corrected chi connectivity index (χ3v) is 9.40. The topological polar surface area (TPSA) is 36.9 Å². The summed E-state index contributed by atoms with van der Waals surface area (Å²) in [6.45, 7) is 14.6. The maximum Gasteiger partial charge on any atom is 0.119 e. The summed E-state index contributed by atoms with van der Waals surface area (Å²) < 4.78 is 25.0. The molecule has 40 heavy (non-hydrogen) atoms. The van der Waals surface area contributed by atoms with Crippen LogP contribution >= 0.6 is 23.4 Å². The van der Waals surface area contributed by atoms with Crippen molar-refractivity contribution in [1.82, 2.24) is 0 Å². The van der Waals surface area contributed by atoms with Crippen LogP contribution in [0, 0.1) is 6.92 Å². The van der Waals surface area contributed by atoms with Crippen LogP contribution in [-0.2, 0) is 20.6 Å². The third kappa shape index (κ3) is 10.2. The second kappa shape index (κ2) is 18.3. The van der Waals surface area contributed by atoms with Crippen molar-refractivity contribution < 1.29 is 18.9 Å². The highest BCUT2D eigenvalue weighted by Crippen LogP contribution is 2.46. The second-order valence-corrected chi connectivity index (χ2v) is 12.7. The standard InChI is InChI=1S/C34H51ClO4S/c1-6-10-17-36-24-30-23-32(38-18-11-7-2)33(39-19-12-8-3)34(40-30)27-14-16-31(35)28(22-27)21-26-13-15-29(37-9-4)20-25(26)5/h13-16,20,22,30,32-34H,6-12,17-19,21,23-24H2,1-5H3/t30-,32-,33+,34-/m0/s1. The molecule has 6 heteroatoms. The molecule has 1 aliphatic rings. The van der Waals surface area contributed by atoms with Crippen LogP contribution in [0.5, 0.6) is 5.75 Å². The zero-order valence-corrected chi connectivity index (χ0v) is 27.0. The van der Waals surface area contributed by atoms with Crippen LogP contribution in [0.4, 0.5) is 0 Å². The molecule has 0 amide bonds. The van der Waals surface area contributed by atoms with Crippen LogP contribution < -0.4 is 4.74 Å². The summed E-state index contributed by atoms with van der Waals surface area (Å²) in [6, 6.07) is 12.9. The molecule has 0 radical (unpaired) electrons. The lowest BCUT2D eigenvalue weighted by Gasteiger charge is -2.41. The van der Waals surface area contributed by atoms with E-state index in [1.807, 2.05) is 18.7 Å². The highest BCUT2D eigenvalue weighted by Gasteiger charge is 2.41. The van der Waals surface area contributed by atoms with Crippen LogP contribution in [0.2, 0.25) is 5.02 Å². The molecule has 3 rings (SSSR count). The Kier molecular flexibility index (Phi) is 15.2. The molecule has 2 aromatic carbocycles. The van der Waals surface area contributed by atoms with Crippen molar-refractivity contribution in [2.45, 2.75) is 109 Å². The zero-order chi connectivity index (χ0) is 28.7. The molecular formula is C34H51ClO4S. The van der Waals surface area contributed by atoms with Crippen molar-refractivity contribution in [1.29, 1.82) is 0 Å². The first kappa shape index (κ1) is 33.3. The number of thioether (sulfide) groups is 1. The zero-order valence-electron chi connectivity index (χ0n) is 25.4. The van der Waals surface area contributed by atoms with E-state index in [-0.39, 0.29) is 17.5 Å². The first-order valence-electron chi connectivity index (χ1n) is 15.5. The lowest BCUT2D eigenvalue weighted by Crippen LogP contribution is -2.44. The summed E-state index contributed by atoms with van der Waals surface area (Å²) >= 11 is 8.78. The maximum atomic E-state index is 6.79. The molecule has 1 heterocycles. The van der Waals surface area contributed by atoms with Crippen LogP contribution in [-0.4, -0.2) is 50.5 Å². The van der Waals surface area contributed by atoms with Crippen molar-refractivity contribution >= 4 is 23.4 Å². The maximum absolute atomic E-state index is 6.79.